The summed E-state index contributed by atoms with van der Waals surface area (Å²) >= 11 is 0. The van der Waals surface area contributed by atoms with Crippen molar-refractivity contribution in [3.8, 4) is 0 Å². The number of hydrogen-bond acceptors (Lipinski definition) is 3. The Morgan fingerprint density at radius 2 is 2.25 bits per heavy atom. The number of para-hydroxylation sites is 1. The molecule has 6 rings (SSSR count). The molecular formula is C20H22N2O2. The average Bonchev–Trinajstić information content (AvgIpc) is 3.08. The second kappa shape index (κ2) is 3.94. The molecule has 124 valence electrons. The van der Waals surface area contributed by atoms with Crippen LogP contribution < -0.4 is 5.32 Å². The van der Waals surface area contributed by atoms with Gasteiger partial charge in [-0.05, 0) is 31.0 Å². The SMILES string of the molecule is C=CC12CN(C)C3C4CO[C@H](C[C@H]41)[C@]1(C(=O)Nc4ccccc41)C32. The Balaban J connectivity index is 1.69. The monoisotopic (exact) mass is 322 g/mol. The summed E-state index contributed by atoms with van der Waals surface area (Å²) < 4.78 is 6.34. The Morgan fingerprint density at radius 1 is 1.42 bits per heavy atom. The average molecular weight is 322 g/mol. The molecule has 2 saturated carbocycles. The predicted molar refractivity (Wildman–Crippen MR) is 90.6 cm³/mol. The minimum atomic E-state index is -0.554. The van der Waals surface area contributed by atoms with Gasteiger partial charge in [0.15, 0.2) is 0 Å². The summed E-state index contributed by atoms with van der Waals surface area (Å²) in [4.78, 5) is 15.9. The second-order valence-electron chi connectivity index (χ2n) is 8.40. The lowest BCUT2D eigenvalue weighted by Crippen LogP contribution is -2.62. The molecule has 0 radical (unpaired) electrons. The molecule has 5 aliphatic rings. The van der Waals surface area contributed by atoms with Gasteiger partial charge in [0, 0.05) is 35.5 Å². The van der Waals surface area contributed by atoms with Crippen molar-refractivity contribution in [1.82, 2.24) is 4.90 Å². The van der Waals surface area contributed by atoms with Crippen molar-refractivity contribution in [2.45, 2.75) is 24.0 Å². The van der Waals surface area contributed by atoms with Crippen LogP contribution >= 0.6 is 0 Å². The van der Waals surface area contributed by atoms with Crippen LogP contribution in [0.4, 0.5) is 5.69 Å². The smallest absolute Gasteiger partial charge is 0.238 e. The largest absolute Gasteiger partial charge is 0.376 e. The third-order valence-electron chi connectivity index (χ3n) is 7.93. The first kappa shape index (κ1) is 13.6. The van der Waals surface area contributed by atoms with E-state index < -0.39 is 5.41 Å². The van der Waals surface area contributed by atoms with Crippen molar-refractivity contribution in [3.05, 3.63) is 42.5 Å². The molecule has 1 spiro atoms. The van der Waals surface area contributed by atoms with Crippen molar-refractivity contribution >= 4 is 11.6 Å². The molecule has 3 aliphatic heterocycles. The predicted octanol–water partition coefficient (Wildman–Crippen LogP) is 2.03. The minimum Gasteiger partial charge on any atom is -0.376 e. The van der Waals surface area contributed by atoms with Gasteiger partial charge in [-0.15, -0.1) is 6.58 Å². The Kier molecular flexibility index (Phi) is 2.24. The molecule has 24 heavy (non-hydrogen) atoms. The van der Waals surface area contributed by atoms with Gasteiger partial charge in [-0.1, -0.05) is 24.3 Å². The summed E-state index contributed by atoms with van der Waals surface area (Å²) in [6, 6.07) is 8.64. The molecule has 7 atom stereocenters. The molecule has 0 aromatic heterocycles. The highest BCUT2D eigenvalue weighted by molar-refractivity contribution is 6.07. The van der Waals surface area contributed by atoms with E-state index in [0.29, 0.717) is 17.9 Å². The summed E-state index contributed by atoms with van der Waals surface area (Å²) in [5.41, 5.74) is 1.61. The summed E-state index contributed by atoms with van der Waals surface area (Å²) in [6.07, 6.45) is 3.17. The van der Waals surface area contributed by atoms with Gasteiger partial charge in [0.1, 0.15) is 5.41 Å². The molecule has 1 N–H and O–H groups in total. The van der Waals surface area contributed by atoms with Crippen LogP contribution in [-0.4, -0.2) is 43.2 Å². The number of likely N-dealkylation sites (tertiary alicyclic amines) is 1. The summed E-state index contributed by atoms with van der Waals surface area (Å²) in [7, 11) is 2.21. The highest BCUT2D eigenvalue weighted by Gasteiger charge is 2.79. The zero-order valence-corrected chi connectivity index (χ0v) is 13.9. The third kappa shape index (κ3) is 1.12. The van der Waals surface area contributed by atoms with E-state index in [0.717, 1.165) is 30.8 Å². The normalized spacial score (nSPS) is 50.4. The highest BCUT2D eigenvalue weighted by Crippen LogP contribution is 2.73. The summed E-state index contributed by atoms with van der Waals surface area (Å²) in [5, 5.41) is 3.18. The highest BCUT2D eigenvalue weighted by atomic mass is 16.5. The summed E-state index contributed by atoms with van der Waals surface area (Å²) in [6.45, 7) is 6.06. The van der Waals surface area contributed by atoms with Crippen LogP contribution in [0.5, 0.6) is 0 Å². The van der Waals surface area contributed by atoms with Gasteiger partial charge in [-0.2, -0.15) is 0 Å². The van der Waals surface area contributed by atoms with Crippen LogP contribution in [0, 0.1) is 23.2 Å². The first-order chi connectivity index (χ1) is 11.6. The van der Waals surface area contributed by atoms with E-state index in [1.54, 1.807) is 0 Å². The van der Waals surface area contributed by atoms with Gasteiger partial charge in [-0.25, -0.2) is 0 Å². The number of ether oxygens (including phenoxy) is 1. The second-order valence-corrected chi connectivity index (χ2v) is 8.40. The summed E-state index contributed by atoms with van der Waals surface area (Å²) in [5.74, 6) is 1.56. The zero-order chi connectivity index (χ0) is 16.3. The zero-order valence-electron chi connectivity index (χ0n) is 13.9. The number of hydrogen-bond donors (Lipinski definition) is 1. The van der Waals surface area contributed by atoms with E-state index >= 15 is 0 Å². The van der Waals surface area contributed by atoms with Crippen molar-refractivity contribution in [3.63, 3.8) is 0 Å². The number of rotatable bonds is 1. The van der Waals surface area contributed by atoms with Gasteiger partial charge in [0.2, 0.25) is 5.91 Å². The van der Waals surface area contributed by atoms with Gasteiger partial charge in [0.25, 0.3) is 0 Å². The van der Waals surface area contributed by atoms with E-state index in [2.05, 4.69) is 42.1 Å². The van der Waals surface area contributed by atoms with E-state index in [-0.39, 0.29) is 23.3 Å². The Labute approximate surface area is 141 Å². The molecule has 5 bridgehead atoms. The molecule has 4 heteroatoms. The number of nitrogens with one attached hydrogen (secondary N) is 1. The molecular weight excluding hydrogens is 300 g/mol. The molecule has 4 nitrogen and oxygen atoms in total. The van der Waals surface area contributed by atoms with Crippen LogP contribution in [0.3, 0.4) is 0 Å². The van der Waals surface area contributed by atoms with Crippen LogP contribution in [0.15, 0.2) is 36.9 Å². The Morgan fingerprint density at radius 3 is 3.08 bits per heavy atom. The number of nitrogens with zero attached hydrogens (tertiary/aromatic N) is 1. The van der Waals surface area contributed by atoms with Gasteiger partial charge in [0.05, 0.1) is 12.7 Å². The molecule has 4 unspecified atom stereocenters. The molecule has 1 aromatic carbocycles. The first-order valence-corrected chi connectivity index (χ1v) is 9.01. The van der Waals surface area contributed by atoms with E-state index in [9.17, 15) is 4.79 Å². The van der Waals surface area contributed by atoms with Crippen LogP contribution in [0.25, 0.3) is 0 Å². The van der Waals surface area contributed by atoms with Crippen molar-refractivity contribution < 1.29 is 9.53 Å². The maximum atomic E-state index is 13.4. The van der Waals surface area contributed by atoms with Crippen molar-refractivity contribution in [2.24, 2.45) is 23.2 Å². The fourth-order valence-electron chi connectivity index (χ4n) is 7.38. The van der Waals surface area contributed by atoms with Crippen LogP contribution in [-0.2, 0) is 14.9 Å². The lowest BCUT2D eigenvalue weighted by molar-refractivity contribution is -0.153. The number of fused-ring (bicyclic) bond motifs is 5. The Hall–Kier alpha value is -1.65. The topological polar surface area (TPSA) is 41.6 Å². The molecule has 1 amide bonds. The fourth-order valence-corrected chi connectivity index (χ4v) is 7.38. The third-order valence-corrected chi connectivity index (χ3v) is 7.93. The Bertz CT molecular complexity index is 792. The maximum Gasteiger partial charge on any atom is 0.238 e. The maximum absolute atomic E-state index is 13.4. The lowest BCUT2D eigenvalue weighted by atomic mass is 9.51. The molecule has 2 saturated heterocycles. The molecule has 1 aromatic rings. The number of benzene rings is 1. The molecule has 4 fully saturated rings. The quantitative estimate of drug-likeness (QED) is 0.805. The van der Waals surface area contributed by atoms with Crippen LogP contribution in [0.1, 0.15) is 12.0 Å². The fraction of sp³-hybridized carbons (Fsp3) is 0.550. The van der Waals surface area contributed by atoms with Gasteiger partial charge < -0.3 is 15.0 Å². The number of piperidine rings is 1. The van der Waals surface area contributed by atoms with Crippen molar-refractivity contribution in [1.29, 1.82) is 0 Å². The van der Waals surface area contributed by atoms with E-state index in [1.165, 1.54) is 0 Å². The first-order valence-electron chi connectivity index (χ1n) is 9.01. The van der Waals surface area contributed by atoms with Crippen molar-refractivity contribution in [2.75, 3.05) is 25.5 Å². The number of amides is 1. The standard InChI is InChI=1S/C20H22N2O2/c1-3-19-10-22(2)16-11-9-24-15(8-13(11)19)20(17(16)19)12-6-4-5-7-14(12)21-18(20)23/h3-7,11,13,15-17H,1,8-10H2,2H3,(H,21,23)/t11?,13-,15-,16?,17?,19?,20+/m1/s1. The lowest BCUT2D eigenvalue weighted by Gasteiger charge is -2.54. The van der Waals surface area contributed by atoms with E-state index in [1.807, 2.05) is 12.1 Å². The minimum absolute atomic E-state index is 0.00280. The molecule has 3 heterocycles. The van der Waals surface area contributed by atoms with Gasteiger partial charge >= 0.3 is 0 Å². The number of anilines is 1. The number of carbonyl (C=O) groups is 1. The number of carbonyl (C=O) groups excluding carboxylic acids is 1. The molecule has 2 aliphatic carbocycles. The van der Waals surface area contributed by atoms with E-state index in [4.69, 9.17) is 4.74 Å². The van der Waals surface area contributed by atoms with Crippen LogP contribution in [0.2, 0.25) is 0 Å². The van der Waals surface area contributed by atoms with Gasteiger partial charge in [-0.3, -0.25) is 4.79 Å².